The Morgan fingerprint density at radius 2 is 2.03 bits per heavy atom. The van der Waals surface area contributed by atoms with Crippen molar-refractivity contribution in [2.24, 2.45) is 11.8 Å². The molecular weight excluding hydrogens is 459 g/mol. The van der Waals surface area contributed by atoms with Crippen molar-refractivity contribution in [1.29, 1.82) is 0 Å². The molecule has 1 saturated carbocycles. The Kier molecular flexibility index (Phi) is 4.31. The highest BCUT2D eigenvalue weighted by Crippen LogP contribution is 2.40. The second-order valence-corrected chi connectivity index (χ2v) is 8.79. The van der Waals surface area contributed by atoms with Crippen LogP contribution in [0.1, 0.15) is 42.2 Å². The van der Waals surface area contributed by atoms with Crippen LogP contribution in [-0.2, 0) is 0 Å². The van der Waals surface area contributed by atoms with Crippen molar-refractivity contribution in [3.63, 3.8) is 0 Å². The topological polar surface area (TPSA) is 77.3 Å². The predicted molar refractivity (Wildman–Crippen MR) is 129 cm³/mol. The lowest BCUT2D eigenvalue weighted by atomic mass is 9.92. The van der Waals surface area contributed by atoms with Crippen LogP contribution in [0, 0.1) is 17.7 Å². The van der Waals surface area contributed by atoms with E-state index in [1.165, 1.54) is 6.07 Å². The molecule has 10 heteroatoms. The van der Waals surface area contributed by atoms with Gasteiger partial charge in [0.15, 0.2) is 0 Å². The normalized spacial score (nSPS) is 25.8. The summed E-state index contributed by atoms with van der Waals surface area (Å²) in [6.07, 6.45) is 3.54. The molecule has 1 aromatic carbocycles. The first kappa shape index (κ1) is 15.8. The Labute approximate surface area is 212 Å². The van der Waals surface area contributed by atoms with E-state index in [0.29, 0.717) is 23.7 Å². The molecule has 2 atom stereocenters. The summed E-state index contributed by atoms with van der Waals surface area (Å²) in [5, 5.41) is 7.14. The van der Waals surface area contributed by atoms with Crippen LogP contribution in [0.3, 0.4) is 0 Å². The number of nitrogens with one attached hydrogen (secondary N) is 1. The van der Waals surface area contributed by atoms with E-state index in [-0.39, 0.29) is 34.6 Å². The van der Waals surface area contributed by atoms with E-state index in [1.54, 1.807) is 13.3 Å². The fourth-order valence-electron chi connectivity index (χ4n) is 4.74. The summed E-state index contributed by atoms with van der Waals surface area (Å²) < 4.78 is 81.2. The first-order valence-corrected chi connectivity index (χ1v) is 11.2. The number of pyridine rings is 1. The summed E-state index contributed by atoms with van der Waals surface area (Å²) in [5.41, 5.74) is 0.984. The number of piperidine rings is 1. The molecule has 1 N–H and O–H groups in total. The number of anilines is 2. The van der Waals surface area contributed by atoms with Crippen LogP contribution < -0.4 is 19.7 Å². The highest BCUT2D eigenvalue weighted by atomic mass is 35.5. The van der Waals surface area contributed by atoms with Gasteiger partial charge in [-0.25, -0.2) is 14.1 Å². The minimum Gasteiger partial charge on any atom is -0.481 e. The molecule has 2 aromatic heterocycles. The summed E-state index contributed by atoms with van der Waals surface area (Å²) >= 11 is 5.86. The van der Waals surface area contributed by atoms with Gasteiger partial charge in [0, 0.05) is 51.4 Å². The van der Waals surface area contributed by atoms with E-state index in [4.69, 9.17) is 30.7 Å². The van der Waals surface area contributed by atoms with Gasteiger partial charge in [-0.05, 0) is 56.6 Å². The van der Waals surface area contributed by atoms with Crippen molar-refractivity contribution in [2.75, 3.05) is 30.4 Å². The van der Waals surface area contributed by atoms with Crippen LogP contribution in [0.25, 0.3) is 0 Å². The molecule has 2 bridgehead atoms. The Morgan fingerprint density at radius 3 is 2.74 bits per heavy atom. The van der Waals surface area contributed by atoms with Crippen molar-refractivity contribution in [3.05, 3.63) is 47.4 Å². The zero-order valence-electron chi connectivity index (χ0n) is 25.3. The average molecular weight is 494 g/mol. The second-order valence-electron chi connectivity index (χ2n) is 8.39. The van der Waals surface area contributed by atoms with Gasteiger partial charge in [-0.3, -0.25) is 0 Å². The SMILES string of the molecule is [2H]C([2H])([2H])C([2H])(n1nc(NC2C3CCC2CN(c2ccnc(OC)c2)C3)nc1Oc1ccc(F)c(Cl)c1)C([2H])([2H])[2H]. The maximum absolute atomic E-state index is 13.7. The molecule has 180 valence electrons. The Balaban J connectivity index is 1.46. The maximum atomic E-state index is 13.7. The molecule has 2 aliphatic rings. The number of hydrogen-bond donors (Lipinski definition) is 1. The highest BCUT2D eigenvalue weighted by Gasteiger charge is 2.42. The number of halogens is 2. The average Bonchev–Trinajstić information content (AvgIpc) is 3.39. The fraction of sp³-hybridized carbons (Fsp3) is 0.458. The van der Waals surface area contributed by atoms with Gasteiger partial charge in [0.1, 0.15) is 11.6 Å². The molecule has 0 amide bonds. The van der Waals surface area contributed by atoms with E-state index in [2.05, 4.69) is 25.3 Å². The number of aromatic nitrogens is 4. The van der Waals surface area contributed by atoms with E-state index >= 15 is 0 Å². The zero-order valence-corrected chi connectivity index (χ0v) is 19.1. The quantitative estimate of drug-likeness (QED) is 0.486. The summed E-state index contributed by atoms with van der Waals surface area (Å²) in [4.78, 5) is 10.7. The highest BCUT2D eigenvalue weighted by molar-refractivity contribution is 6.30. The smallest absolute Gasteiger partial charge is 0.322 e. The molecule has 1 aliphatic heterocycles. The van der Waals surface area contributed by atoms with Crippen molar-refractivity contribution in [1.82, 2.24) is 19.7 Å². The molecule has 1 saturated heterocycles. The van der Waals surface area contributed by atoms with Crippen molar-refractivity contribution in [2.45, 2.75) is 38.6 Å². The first-order chi connectivity index (χ1) is 19.2. The first-order valence-electron chi connectivity index (χ1n) is 14.3. The Morgan fingerprint density at radius 1 is 1.24 bits per heavy atom. The largest absolute Gasteiger partial charge is 0.481 e. The monoisotopic (exact) mass is 493 g/mol. The van der Waals surface area contributed by atoms with Crippen LogP contribution in [0.2, 0.25) is 5.02 Å². The Bertz CT molecular complexity index is 1390. The number of benzene rings is 1. The van der Waals surface area contributed by atoms with Gasteiger partial charge in [0.2, 0.25) is 11.8 Å². The summed E-state index contributed by atoms with van der Waals surface area (Å²) in [5.74, 6) is 0.0181. The number of nitrogens with zero attached hydrogens (tertiary/aromatic N) is 5. The third-order valence-corrected chi connectivity index (χ3v) is 6.60. The maximum Gasteiger partial charge on any atom is 0.322 e. The fourth-order valence-corrected chi connectivity index (χ4v) is 4.91. The number of fused-ring (bicyclic) bond motifs is 2. The van der Waals surface area contributed by atoms with Gasteiger partial charge >= 0.3 is 6.01 Å². The number of rotatable bonds is 7. The van der Waals surface area contributed by atoms with Crippen molar-refractivity contribution in [3.8, 4) is 17.6 Å². The molecule has 2 unspecified atom stereocenters. The molecule has 3 heterocycles. The molecule has 8 nitrogen and oxygen atoms in total. The van der Waals surface area contributed by atoms with Crippen LogP contribution in [0.5, 0.6) is 17.6 Å². The van der Waals surface area contributed by atoms with Gasteiger partial charge < -0.3 is 19.7 Å². The molecule has 5 rings (SSSR count). The van der Waals surface area contributed by atoms with E-state index in [9.17, 15) is 4.39 Å². The predicted octanol–water partition coefficient (Wildman–Crippen LogP) is 5.17. The number of methoxy groups -OCH3 is 1. The van der Waals surface area contributed by atoms with Crippen LogP contribution in [-0.4, -0.2) is 46.0 Å². The lowest BCUT2D eigenvalue weighted by molar-refractivity contribution is 0.373. The van der Waals surface area contributed by atoms with E-state index in [1.807, 2.05) is 12.1 Å². The molecular formula is C24H28ClFN6O2. The van der Waals surface area contributed by atoms with Crippen molar-refractivity contribution < 1.29 is 23.5 Å². The molecule has 3 aromatic rings. The number of ether oxygens (including phenoxy) is 2. The van der Waals surface area contributed by atoms with E-state index in [0.717, 1.165) is 30.7 Å². The van der Waals surface area contributed by atoms with Gasteiger partial charge in [-0.1, -0.05) is 11.6 Å². The molecule has 2 fully saturated rings. The molecule has 0 radical (unpaired) electrons. The Hall–Kier alpha value is -3.07. The van der Waals surface area contributed by atoms with Crippen LogP contribution in [0.4, 0.5) is 16.0 Å². The number of hydrogen-bond acceptors (Lipinski definition) is 7. The van der Waals surface area contributed by atoms with Gasteiger partial charge in [0.25, 0.3) is 0 Å². The molecule has 1 aliphatic carbocycles. The minimum atomic E-state index is -3.35. The van der Waals surface area contributed by atoms with Gasteiger partial charge in [-0.15, -0.1) is 5.10 Å². The van der Waals surface area contributed by atoms with Crippen molar-refractivity contribution >= 4 is 23.2 Å². The zero-order chi connectivity index (χ0) is 29.7. The summed E-state index contributed by atoms with van der Waals surface area (Å²) in [7, 11) is 1.56. The third-order valence-electron chi connectivity index (χ3n) is 6.31. The standard InChI is InChI=1S/C24H28ClFN6O2/c1-14(2)32-24(34-18-6-7-20(26)19(25)11-18)29-23(30-32)28-22-15-4-5-16(22)13-31(12-15)17-8-9-27-21(10-17)33-3/h6-11,14-16,22H,4-5,12-13H2,1-3H3,(H,28,30)/i1D3,2D3,14D. The van der Waals surface area contributed by atoms with Gasteiger partial charge in [0.05, 0.1) is 19.5 Å². The molecule has 0 spiro atoms. The van der Waals surface area contributed by atoms with E-state index < -0.39 is 31.5 Å². The lowest BCUT2D eigenvalue weighted by Crippen LogP contribution is -2.48. The summed E-state index contributed by atoms with van der Waals surface area (Å²) in [6, 6.07) is 3.26. The lowest BCUT2D eigenvalue weighted by Gasteiger charge is -2.39. The van der Waals surface area contributed by atoms with Crippen LogP contribution >= 0.6 is 11.6 Å². The third kappa shape index (κ3) is 4.49. The summed E-state index contributed by atoms with van der Waals surface area (Å²) in [6.45, 7) is -5.27. The minimum absolute atomic E-state index is 0.0452. The second kappa shape index (κ2) is 9.29. The van der Waals surface area contributed by atoms with Crippen LogP contribution in [0.15, 0.2) is 36.5 Å². The van der Waals surface area contributed by atoms with Gasteiger partial charge in [-0.2, -0.15) is 4.98 Å². The molecule has 34 heavy (non-hydrogen) atoms.